The Morgan fingerprint density at radius 3 is 2.39 bits per heavy atom. The van der Waals surface area contributed by atoms with Gasteiger partial charge in [0.25, 0.3) is 17.7 Å². The number of primary amides is 1. The zero-order chi connectivity index (χ0) is 24.1. The molecule has 7 nitrogen and oxygen atoms in total. The molecule has 1 aliphatic rings. The Labute approximate surface area is 194 Å². The van der Waals surface area contributed by atoms with Crippen molar-refractivity contribution in [3.8, 4) is 0 Å². The highest BCUT2D eigenvalue weighted by Crippen LogP contribution is 2.25. The van der Waals surface area contributed by atoms with Gasteiger partial charge in [0.2, 0.25) is 0 Å². The Bertz CT molecular complexity index is 1120. The number of allylic oxidation sites excluding steroid dienone is 3. The van der Waals surface area contributed by atoms with E-state index in [1.54, 1.807) is 24.3 Å². The number of fused-ring (bicyclic) bond motifs is 1. The molecule has 0 saturated carbocycles. The number of nitrogens with one attached hydrogen (secondary N) is 1. The van der Waals surface area contributed by atoms with Crippen molar-refractivity contribution in [3.05, 3.63) is 82.2 Å². The number of pyridine rings is 1. The summed E-state index contributed by atoms with van der Waals surface area (Å²) in [5, 5.41) is 3.23. The van der Waals surface area contributed by atoms with E-state index in [-0.39, 0.29) is 24.3 Å². The second-order valence-corrected chi connectivity index (χ2v) is 8.29. The highest BCUT2D eigenvalue weighted by molar-refractivity contribution is 6.21. The molecule has 1 aliphatic heterocycles. The minimum atomic E-state index is -0.551. The van der Waals surface area contributed by atoms with Crippen molar-refractivity contribution in [2.45, 2.75) is 40.5 Å². The second-order valence-electron chi connectivity index (χ2n) is 8.29. The number of benzene rings is 1. The van der Waals surface area contributed by atoms with E-state index in [1.165, 1.54) is 4.90 Å². The summed E-state index contributed by atoms with van der Waals surface area (Å²) in [7, 11) is 0. The predicted octanol–water partition coefficient (Wildman–Crippen LogP) is 4.25. The molecular formula is C26H30N4O3. The predicted molar refractivity (Wildman–Crippen MR) is 129 cm³/mol. The van der Waals surface area contributed by atoms with Crippen LogP contribution in [0.15, 0.2) is 54.3 Å². The number of hydrogen-bond acceptors (Lipinski definition) is 5. The third-order valence-electron chi connectivity index (χ3n) is 5.48. The van der Waals surface area contributed by atoms with Crippen LogP contribution in [-0.4, -0.2) is 34.2 Å². The number of aromatic nitrogens is 1. The fraction of sp³-hybridized carbons (Fsp3) is 0.308. The van der Waals surface area contributed by atoms with Crippen LogP contribution in [0.1, 0.15) is 69.5 Å². The summed E-state index contributed by atoms with van der Waals surface area (Å²) >= 11 is 0. The molecule has 7 heteroatoms. The maximum absolute atomic E-state index is 12.7. The molecule has 0 radical (unpaired) electrons. The van der Waals surface area contributed by atoms with Crippen LogP contribution >= 0.6 is 0 Å². The lowest BCUT2D eigenvalue weighted by molar-refractivity contribution is 0.0631. The van der Waals surface area contributed by atoms with Gasteiger partial charge in [0.1, 0.15) is 5.82 Å². The van der Waals surface area contributed by atoms with Gasteiger partial charge in [0.15, 0.2) is 0 Å². The van der Waals surface area contributed by atoms with Crippen molar-refractivity contribution in [1.82, 2.24) is 9.88 Å². The highest BCUT2D eigenvalue weighted by Gasteiger charge is 2.35. The van der Waals surface area contributed by atoms with Crippen LogP contribution in [0.4, 0.5) is 5.82 Å². The molecule has 3 rings (SSSR count). The number of aryl methyl sites for hydroxylation is 1. The van der Waals surface area contributed by atoms with Crippen molar-refractivity contribution in [2.75, 3.05) is 11.9 Å². The third-order valence-corrected chi connectivity index (χ3v) is 5.48. The summed E-state index contributed by atoms with van der Waals surface area (Å²) in [5.41, 5.74) is 9.16. The summed E-state index contributed by atoms with van der Waals surface area (Å²) in [6.45, 7) is 8.02. The molecule has 1 unspecified atom stereocenters. The molecule has 3 amide bonds. The fourth-order valence-corrected chi connectivity index (χ4v) is 4.08. The van der Waals surface area contributed by atoms with E-state index in [4.69, 9.17) is 5.73 Å². The zero-order valence-electron chi connectivity index (χ0n) is 19.5. The van der Waals surface area contributed by atoms with Crippen LogP contribution in [0.3, 0.4) is 0 Å². The number of rotatable bonds is 9. The Kier molecular flexibility index (Phi) is 7.43. The average Bonchev–Trinajstić information content (AvgIpc) is 2.98. The minimum Gasteiger partial charge on any atom is -0.365 e. The SMILES string of the molecule is C/C=C\C(=C/CC)Nc1nc(CC(C)CN2C(=O)c3ccccc3C2=O)cc(C)c1C(N)=O. The highest BCUT2D eigenvalue weighted by atomic mass is 16.2. The van der Waals surface area contributed by atoms with Crippen molar-refractivity contribution >= 4 is 23.5 Å². The molecule has 2 aromatic rings. The molecule has 172 valence electrons. The number of imide groups is 1. The summed E-state index contributed by atoms with van der Waals surface area (Å²) in [6, 6.07) is 8.71. The van der Waals surface area contributed by atoms with Crippen LogP contribution in [0.5, 0.6) is 0 Å². The van der Waals surface area contributed by atoms with Gasteiger partial charge >= 0.3 is 0 Å². The lowest BCUT2D eigenvalue weighted by atomic mass is 10.0. The van der Waals surface area contributed by atoms with E-state index < -0.39 is 5.91 Å². The van der Waals surface area contributed by atoms with Crippen LogP contribution in [0, 0.1) is 12.8 Å². The molecule has 3 N–H and O–H groups in total. The first kappa shape index (κ1) is 23.9. The molecule has 33 heavy (non-hydrogen) atoms. The first-order chi connectivity index (χ1) is 15.8. The van der Waals surface area contributed by atoms with E-state index in [9.17, 15) is 14.4 Å². The fourth-order valence-electron chi connectivity index (χ4n) is 4.08. The van der Waals surface area contributed by atoms with Gasteiger partial charge < -0.3 is 11.1 Å². The monoisotopic (exact) mass is 446 g/mol. The Hall–Kier alpha value is -3.74. The van der Waals surface area contributed by atoms with Crippen molar-refractivity contribution in [2.24, 2.45) is 11.7 Å². The molecule has 0 spiro atoms. The lowest BCUT2D eigenvalue weighted by Crippen LogP contribution is -2.34. The molecule has 0 saturated heterocycles. The average molecular weight is 447 g/mol. The summed E-state index contributed by atoms with van der Waals surface area (Å²) in [6.07, 6.45) is 7.15. The summed E-state index contributed by atoms with van der Waals surface area (Å²) in [5.74, 6) is -0.710. The first-order valence-corrected chi connectivity index (χ1v) is 11.1. The van der Waals surface area contributed by atoms with E-state index in [2.05, 4.69) is 10.3 Å². The van der Waals surface area contributed by atoms with E-state index >= 15 is 0 Å². The number of carbonyl (C=O) groups excluding carboxylic acids is 3. The van der Waals surface area contributed by atoms with Gasteiger partial charge in [-0.1, -0.05) is 38.1 Å². The Morgan fingerprint density at radius 1 is 1.21 bits per heavy atom. The standard InChI is InChI=1S/C26H30N4O3/c1-5-9-18(10-6-2)28-24-22(23(27)31)17(4)14-19(29-24)13-16(3)15-30-25(32)20-11-7-8-12-21(20)26(30)33/h5,7-12,14,16H,6,13,15H2,1-4H3,(H2,27,31)(H,28,29)/b9-5-,18-10+. The largest absolute Gasteiger partial charge is 0.365 e. The smallest absolute Gasteiger partial charge is 0.261 e. The number of anilines is 1. The number of carbonyl (C=O) groups is 3. The van der Waals surface area contributed by atoms with Crippen LogP contribution in [-0.2, 0) is 6.42 Å². The third kappa shape index (κ3) is 5.19. The minimum absolute atomic E-state index is 0.0346. The van der Waals surface area contributed by atoms with Crippen molar-refractivity contribution in [3.63, 3.8) is 0 Å². The zero-order valence-corrected chi connectivity index (χ0v) is 19.5. The van der Waals surface area contributed by atoms with Crippen molar-refractivity contribution in [1.29, 1.82) is 0 Å². The number of hydrogen-bond donors (Lipinski definition) is 2. The second kappa shape index (κ2) is 10.3. The summed E-state index contributed by atoms with van der Waals surface area (Å²) in [4.78, 5) is 43.4. The van der Waals surface area contributed by atoms with Crippen LogP contribution in [0.25, 0.3) is 0 Å². The topological polar surface area (TPSA) is 105 Å². The lowest BCUT2D eigenvalue weighted by Gasteiger charge is -2.20. The van der Waals surface area contributed by atoms with Gasteiger partial charge in [-0.3, -0.25) is 19.3 Å². The van der Waals surface area contributed by atoms with Gasteiger partial charge in [-0.15, -0.1) is 0 Å². The number of nitrogens with two attached hydrogens (primary N) is 1. The van der Waals surface area contributed by atoms with Gasteiger partial charge in [0, 0.05) is 17.9 Å². The maximum atomic E-state index is 12.7. The first-order valence-electron chi connectivity index (χ1n) is 11.1. The summed E-state index contributed by atoms with van der Waals surface area (Å²) < 4.78 is 0. The van der Waals surface area contributed by atoms with Gasteiger partial charge in [-0.25, -0.2) is 4.98 Å². The normalized spacial score (nSPS) is 14.7. The molecule has 1 atom stereocenters. The van der Waals surface area contributed by atoms with E-state index in [1.807, 2.05) is 52.0 Å². The molecule has 0 aliphatic carbocycles. The van der Waals surface area contributed by atoms with Gasteiger partial charge in [0.05, 0.1) is 16.7 Å². The molecule has 1 aromatic heterocycles. The Balaban J connectivity index is 1.83. The van der Waals surface area contributed by atoms with Gasteiger partial charge in [-0.05, 0) is 62.4 Å². The maximum Gasteiger partial charge on any atom is 0.261 e. The molecular weight excluding hydrogens is 416 g/mol. The quantitative estimate of drug-likeness (QED) is 0.443. The Morgan fingerprint density at radius 2 is 1.85 bits per heavy atom. The number of amides is 3. The van der Waals surface area contributed by atoms with Crippen molar-refractivity contribution < 1.29 is 14.4 Å². The van der Waals surface area contributed by atoms with Gasteiger partial charge in [-0.2, -0.15) is 0 Å². The van der Waals surface area contributed by atoms with E-state index in [0.29, 0.717) is 28.9 Å². The number of nitrogens with zero attached hydrogens (tertiary/aromatic N) is 2. The molecule has 1 aromatic carbocycles. The molecule has 0 fully saturated rings. The van der Waals surface area contributed by atoms with Crippen LogP contribution < -0.4 is 11.1 Å². The molecule has 2 heterocycles. The van der Waals surface area contributed by atoms with Crippen LogP contribution in [0.2, 0.25) is 0 Å². The van der Waals surface area contributed by atoms with E-state index in [0.717, 1.165) is 23.4 Å². The molecule has 0 bridgehead atoms.